The van der Waals surface area contributed by atoms with Crippen molar-refractivity contribution in [1.29, 1.82) is 0 Å². The van der Waals surface area contributed by atoms with Crippen molar-refractivity contribution in [3.8, 4) is 89.7 Å². The number of aromatic nitrogens is 5. The standard InChI is InChI=1S/C21H20N.2C20H18N.2C11H8N.3Ir/c1-21(2,3)19-12-13-22-20(15-19)18-11-7-10-17(14-18)16-8-5-4-6-9-16;2*1-15(2)17-11-12-21-20(14-17)19-10-6-9-18(13-19)16-7-4-3-5-8-16;2*1-2-6-10(7-3-1)11-8-4-5-9-12-11;;;/h4-10,12-15H,1-3H3;2*3-9,11-15H,1-2H3;2*1-6,8-9H;;;/q5*-1;;;. The van der Waals surface area contributed by atoms with Gasteiger partial charge in [0.25, 0.3) is 0 Å². The van der Waals surface area contributed by atoms with Crippen molar-refractivity contribution in [3.63, 3.8) is 0 Å². The summed E-state index contributed by atoms with van der Waals surface area (Å²) < 4.78 is 0. The Kier molecular flexibility index (Phi) is 29.0. The zero-order chi connectivity index (χ0) is 61.3. The molecule has 8 heteroatoms. The average molecular weight is 1720 g/mol. The molecule has 5 aromatic heterocycles. The van der Waals surface area contributed by atoms with E-state index in [2.05, 4.69) is 249 Å². The molecule has 0 unspecified atom stereocenters. The molecule has 0 atom stereocenters. The van der Waals surface area contributed by atoms with Gasteiger partial charge in [-0.2, -0.15) is 0 Å². The molecule has 0 aliphatic rings. The van der Waals surface area contributed by atoms with Crippen LogP contribution in [0.2, 0.25) is 0 Å². The van der Waals surface area contributed by atoms with Gasteiger partial charge in [0.15, 0.2) is 0 Å². The number of hydrogen-bond donors (Lipinski definition) is 0. The molecule has 0 fully saturated rings. The van der Waals surface area contributed by atoms with Gasteiger partial charge < -0.3 is 24.9 Å². The van der Waals surface area contributed by atoms with Crippen molar-refractivity contribution in [2.75, 3.05) is 0 Å². The molecule has 5 nitrogen and oxygen atoms in total. The van der Waals surface area contributed by atoms with E-state index in [-0.39, 0.29) is 65.7 Å². The fourth-order valence-electron chi connectivity index (χ4n) is 9.37. The molecule has 0 N–H and O–H groups in total. The number of nitrogens with zero attached hydrogens (tertiary/aromatic N) is 5. The molecule has 0 aliphatic heterocycles. The van der Waals surface area contributed by atoms with E-state index >= 15 is 0 Å². The van der Waals surface area contributed by atoms with Crippen LogP contribution in [0.1, 0.15) is 77.0 Å². The van der Waals surface area contributed by atoms with Crippen LogP contribution in [0.25, 0.3) is 89.7 Å². The molecule has 0 spiro atoms. The van der Waals surface area contributed by atoms with Crippen LogP contribution in [-0.2, 0) is 65.7 Å². The summed E-state index contributed by atoms with van der Waals surface area (Å²) in [6.07, 6.45) is 9.23. The maximum Gasteiger partial charge on any atom is 0.0163 e. The van der Waals surface area contributed by atoms with Gasteiger partial charge in [0.1, 0.15) is 0 Å². The Morgan fingerprint density at radius 3 is 0.901 bits per heavy atom. The molecule has 13 aromatic rings. The molecular formula is C83H72Ir3N5-5. The number of pyridine rings is 5. The summed E-state index contributed by atoms with van der Waals surface area (Å²) in [7, 11) is 0. The first-order valence-corrected chi connectivity index (χ1v) is 29.8. The van der Waals surface area contributed by atoms with Gasteiger partial charge >= 0.3 is 0 Å². The Morgan fingerprint density at radius 1 is 0.264 bits per heavy atom. The fraction of sp³-hybridized carbons (Fsp3) is 0.120. The van der Waals surface area contributed by atoms with Gasteiger partial charge in [-0.1, -0.05) is 193 Å². The van der Waals surface area contributed by atoms with Crippen LogP contribution in [0, 0.1) is 30.3 Å². The molecule has 0 saturated carbocycles. The predicted molar refractivity (Wildman–Crippen MR) is 366 cm³/mol. The minimum Gasteiger partial charge on any atom is -0.305 e. The normalized spacial score (nSPS) is 10.3. The second kappa shape index (κ2) is 37.0. The molecule has 0 amide bonds. The van der Waals surface area contributed by atoms with Crippen molar-refractivity contribution in [2.45, 2.75) is 65.7 Å². The van der Waals surface area contributed by atoms with E-state index in [0.717, 1.165) is 56.3 Å². The van der Waals surface area contributed by atoms with Gasteiger partial charge in [-0.25, -0.2) is 0 Å². The van der Waals surface area contributed by atoms with Gasteiger partial charge in [-0.15, -0.1) is 178 Å². The topological polar surface area (TPSA) is 64.5 Å². The van der Waals surface area contributed by atoms with Crippen LogP contribution in [0.5, 0.6) is 0 Å². The maximum absolute atomic E-state index is 4.53. The summed E-state index contributed by atoms with van der Waals surface area (Å²) in [5, 5.41) is 0. The molecule has 13 rings (SSSR count). The fourth-order valence-corrected chi connectivity index (χ4v) is 9.37. The third-order valence-electron chi connectivity index (χ3n) is 14.4. The number of benzene rings is 8. The zero-order valence-corrected chi connectivity index (χ0v) is 59.4. The first-order valence-electron chi connectivity index (χ1n) is 29.8. The van der Waals surface area contributed by atoms with Crippen molar-refractivity contribution in [2.24, 2.45) is 0 Å². The second-order valence-electron chi connectivity index (χ2n) is 22.5. The van der Waals surface area contributed by atoms with Gasteiger partial charge in [-0.3, -0.25) is 0 Å². The quantitative estimate of drug-likeness (QED) is 0.128. The van der Waals surface area contributed by atoms with Crippen LogP contribution < -0.4 is 0 Å². The van der Waals surface area contributed by atoms with Gasteiger partial charge in [-0.05, 0) is 98.3 Å². The van der Waals surface area contributed by atoms with E-state index in [1.54, 1.807) is 12.4 Å². The molecule has 3 radical (unpaired) electrons. The van der Waals surface area contributed by atoms with E-state index < -0.39 is 0 Å². The minimum absolute atomic E-state index is 0. The third kappa shape index (κ3) is 21.8. The summed E-state index contributed by atoms with van der Waals surface area (Å²) in [6, 6.07) is 106. The SMILES string of the molecule is CC(C)(C)c1ccnc(-c2[c-]ccc(-c3ccccc3)c2)c1.CC(C)c1ccnc(-c2[c-]ccc(-c3ccccc3)c2)c1.CC(C)c1ccnc(-c2[c-]ccc(-c3ccccc3)c2)c1.[Ir].[Ir].[Ir].[c-]1ccccc1-c1ccccn1.[c-]1ccccc1-c1ccccn1. The Bertz CT molecular complexity index is 3890. The molecule has 91 heavy (non-hydrogen) atoms. The van der Waals surface area contributed by atoms with Crippen molar-refractivity contribution < 1.29 is 60.3 Å². The van der Waals surface area contributed by atoms with Crippen LogP contribution in [0.3, 0.4) is 0 Å². The zero-order valence-electron chi connectivity index (χ0n) is 52.2. The summed E-state index contributed by atoms with van der Waals surface area (Å²) in [5.74, 6) is 1.01. The summed E-state index contributed by atoms with van der Waals surface area (Å²) in [5.41, 5.74) is 21.3. The molecule has 8 aromatic carbocycles. The number of rotatable bonds is 10. The molecule has 0 aliphatic carbocycles. The molecular weight excluding hydrogens is 1640 g/mol. The smallest absolute Gasteiger partial charge is 0.0163 e. The average Bonchev–Trinajstić information content (AvgIpc) is 3.47. The molecule has 0 saturated heterocycles. The largest absolute Gasteiger partial charge is 0.305 e. The van der Waals surface area contributed by atoms with E-state index in [4.69, 9.17) is 0 Å². The summed E-state index contributed by atoms with van der Waals surface area (Å²) >= 11 is 0. The van der Waals surface area contributed by atoms with Crippen LogP contribution in [0.15, 0.2) is 298 Å². The van der Waals surface area contributed by atoms with E-state index in [0.29, 0.717) is 11.8 Å². The Morgan fingerprint density at radius 2 is 0.582 bits per heavy atom. The summed E-state index contributed by atoms with van der Waals surface area (Å²) in [6.45, 7) is 15.4. The second-order valence-corrected chi connectivity index (χ2v) is 22.5. The first-order chi connectivity index (χ1) is 42.9. The maximum atomic E-state index is 4.53. The van der Waals surface area contributed by atoms with Gasteiger partial charge in [0.2, 0.25) is 0 Å². The monoisotopic (exact) mass is 1720 g/mol. The minimum atomic E-state index is 0. The van der Waals surface area contributed by atoms with Crippen molar-refractivity contribution >= 4 is 0 Å². The molecule has 461 valence electrons. The van der Waals surface area contributed by atoms with Crippen LogP contribution >= 0.6 is 0 Å². The van der Waals surface area contributed by atoms with Crippen molar-refractivity contribution in [1.82, 2.24) is 24.9 Å². The van der Waals surface area contributed by atoms with E-state index in [9.17, 15) is 0 Å². The third-order valence-corrected chi connectivity index (χ3v) is 14.4. The number of hydrogen-bond acceptors (Lipinski definition) is 5. The first kappa shape index (κ1) is 71.5. The molecule has 5 heterocycles. The van der Waals surface area contributed by atoms with Gasteiger partial charge in [0, 0.05) is 91.3 Å². The summed E-state index contributed by atoms with van der Waals surface area (Å²) in [4.78, 5) is 22.0. The van der Waals surface area contributed by atoms with E-state index in [1.165, 1.54) is 50.1 Å². The Hall–Kier alpha value is -8.54. The predicted octanol–water partition coefficient (Wildman–Crippen LogP) is 21.3. The van der Waals surface area contributed by atoms with Crippen LogP contribution in [-0.4, -0.2) is 24.9 Å². The van der Waals surface area contributed by atoms with E-state index in [1.807, 2.05) is 140 Å². The van der Waals surface area contributed by atoms with Crippen LogP contribution in [0.4, 0.5) is 0 Å². The molecule has 0 bridgehead atoms. The Balaban J connectivity index is 0.000000183. The van der Waals surface area contributed by atoms with Gasteiger partial charge in [0.05, 0.1) is 0 Å². The van der Waals surface area contributed by atoms with Crippen molar-refractivity contribution in [3.05, 3.63) is 345 Å². The Labute approximate surface area is 580 Å².